The lowest BCUT2D eigenvalue weighted by molar-refractivity contribution is 0.232. The lowest BCUT2D eigenvalue weighted by atomic mass is 9.75. The molecule has 94 valence electrons. The van der Waals surface area contributed by atoms with Crippen LogP contribution in [0.4, 0.5) is 5.82 Å². The number of aryl methyl sites for hydroxylation is 1. The maximum atomic E-state index is 4.41. The number of rotatable bonds is 2. The van der Waals surface area contributed by atoms with E-state index in [1.54, 1.807) is 0 Å². The van der Waals surface area contributed by atoms with Gasteiger partial charge in [-0.15, -0.1) is 0 Å². The molecule has 1 heterocycles. The highest BCUT2D eigenvalue weighted by Crippen LogP contribution is 2.36. The minimum Gasteiger partial charge on any atom is -0.367 e. The summed E-state index contributed by atoms with van der Waals surface area (Å²) < 4.78 is 1.08. The van der Waals surface area contributed by atoms with Crippen LogP contribution in [0.5, 0.6) is 0 Å². The molecule has 0 aliphatic heterocycles. The number of nitrogens with zero attached hydrogens (tertiary/aromatic N) is 1. The molecule has 0 saturated heterocycles. The smallest absolute Gasteiger partial charge is 0.126 e. The van der Waals surface area contributed by atoms with Crippen molar-refractivity contribution in [2.45, 2.75) is 52.5 Å². The van der Waals surface area contributed by atoms with Crippen molar-refractivity contribution in [2.24, 2.45) is 5.41 Å². The van der Waals surface area contributed by atoms with E-state index in [9.17, 15) is 0 Å². The van der Waals surface area contributed by atoms with Gasteiger partial charge in [0, 0.05) is 16.7 Å². The zero-order valence-electron chi connectivity index (χ0n) is 10.9. The number of halogens is 1. The SMILES string of the molecule is Cc1cc(NC2CCC(C)(C)CC2)ncc1Br. The van der Waals surface area contributed by atoms with Gasteiger partial charge < -0.3 is 5.32 Å². The third kappa shape index (κ3) is 3.44. The maximum absolute atomic E-state index is 4.41. The number of anilines is 1. The molecule has 0 radical (unpaired) electrons. The zero-order valence-corrected chi connectivity index (χ0v) is 12.5. The molecule has 0 amide bonds. The van der Waals surface area contributed by atoms with Crippen LogP contribution in [0.15, 0.2) is 16.7 Å². The van der Waals surface area contributed by atoms with Gasteiger partial charge in [0.1, 0.15) is 5.82 Å². The van der Waals surface area contributed by atoms with Crippen molar-refractivity contribution in [2.75, 3.05) is 5.32 Å². The van der Waals surface area contributed by atoms with E-state index in [0.717, 1.165) is 10.3 Å². The first-order valence-electron chi connectivity index (χ1n) is 6.35. The summed E-state index contributed by atoms with van der Waals surface area (Å²) in [4.78, 5) is 4.41. The van der Waals surface area contributed by atoms with Crippen molar-refractivity contribution in [1.82, 2.24) is 4.98 Å². The van der Waals surface area contributed by atoms with Crippen LogP contribution in [-0.2, 0) is 0 Å². The van der Waals surface area contributed by atoms with E-state index in [2.05, 4.69) is 53.1 Å². The van der Waals surface area contributed by atoms with Crippen molar-refractivity contribution in [3.8, 4) is 0 Å². The minimum atomic E-state index is 0.529. The molecule has 1 fully saturated rings. The second kappa shape index (κ2) is 4.97. The van der Waals surface area contributed by atoms with Gasteiger partial charge in [0.2, 0.25) is 0 Å². The van der Waals surface area contributed by atoms with Gasteiger partial charge in [0.25, 0.3) is 0 Å². The number of nitrogens with one attached hydrogen (secondary N) is 1. The van der Waals surface area contributed by atoms with Gasteiger partial charge in [-0.2, -0.15) is 0 Å². The first-order chi connectivity index (χ1) is 7.96. The van der Waals surface area contributed by atoms with Crippen LogP contribution in [0.2, 0.25) is 0 Å². The van der Waals surface area contributed by atoms with Crippen molar-refractivity contribution in [1.29, 1.82) is 0 Å². The third-order valence-corrected chi connectivity index (χ3v) is 4.57. The molecule has 1 aromatic rings. The molecule has 1 aromatic heterocycles. The Morgan fingerprint density at radius 3 is 2.59 bits per heavy atom. The summed E-state index contributed by atoms with van der Waals surface area (Å²) in [6.07, 6.45) is 7.00. The molecule has 2 nitrogen and oxygen atoms in total. The molecule has 0 bridgehead atoms. The molecule has 0 unspecified atom stereocenters. The Morgan fingerprint density at radius 1 is 1.35 bits per heavy atom. The second-order valence-electron chi connectivity index (χ2n) is 5.90. The Balaban J connectivity index is 1.95. The highest BCUT2D eigenvalue weighted by atomic mass is 79.9. The van der Waals surface area contributed by atoms with Crippen molar-refractivity contribution in [3.05, 3.63) is 22.3 Å². The Kier molecular flexibility index (Phi) is 3.76. The topological polar surface area (TPSA) is 24.9 Å². The van der Waals surface area contributed by atoms with E-state index in [1.807, 2.05) is 6.20 Å². The highest BCUT2D eigenvalue weighted by molar-refractivity contribution is 9.10. The fraction of sp³-hybridized carbons (Fsp3) is 0.643. The molecule has 1 aliphatic rings. The largest absolute Gasteiger partial charge is 0.367 e. The summed E-state index contributed by atoms with van der Waals surface area (Å²) in [6, 6.07) is 2.71. The van der Waals surface area contributed by atoms with Crippen LogP contribution in [0.3, 0.4) is 0 Å². The third-order valence-electron chi connectivity index (χ3n) is 3.74. The summed E-state index contributed by atoms with van der Waals surface area (Å²) in [7, 11) is 0. The molecule has 1 N–H and O–H groups in total. The lowest BCUT2D eigenvalue weighted by Crippen LogP contribution is -2.30. The number of aromatic nitrogens is 1. The van der Waals surface area contributed by atoms with Crippen LogP contribution >= 0.6 is 15.9 Å². The molecule has 17 heavy (non-hydrogen) atoms. The van der Waals surface area contributed by atoms with Gasteiger partial charge in [-0.3, -0.25) is 0 Å². The fourth-order valence-electron chi connectivity index (χ4n) is 2.37. The Bertz CT molecular complexity index is 391. The second-order valence-corrected chi connectivity index (χ2v) is 6.76. The Morgan fingerprint density at radius 2 is 2.00 bits per heavy atom. The summed E-state index contributed by atoms with van der Waals surface area (Å²) in [5.74, 6) is 1.01. The van der Waals surface area contributed by atoms with E-state index in [0.29, 0.717) is 11.5 Å². The average molecular weight is 297 g/mol. The highest BCUT2D eigenvalue weighted by Gasteiger charge is 2.26. The van der Waals surface area contributed by atoms with Crippen LogP contribution in [0.1, 0.15) is 45.1 Å². The van der Waals surface area contributed by atoms with Crippen LogP contribution < -0.4 is 5.32 Å². The first-order valence-corrected chi connectivity index (χ1v) is 7.14. The lowest BCUT2D eigenvalue weighted by Gasteiger charge is -2.34. The van der Waals surface area contributed by atoms with Crippen molar-refractivity contribution in [3.63, 3.8) is 0 Å². The summed E-state index contributed by atoms with van der Waals surface area (Å²) in [5, 5.41) is 3.55. The quantitative estimate of drug-likeness (QED) is 0.867. The molecular formula is C14H21BrN2. The van der Waals surface area contributed by atoms with Crippen LogP contribution in [0, 0.1) is 12.3 Å². The maximum Gasteiger partial charge on any atom is 0.126 e. The van der Waals surface area contributed by atoms with Gasteiger partial charge in [0.05, 0.1) is 0 Å². The monoisotopic (exact) mass is 296 g/mol. The van der Waals surface area contributed by atoms with E-state index >= 15 is 0 Å². The standard InChI is InChI=1S/C14H21BrN2/c1-10-8-13(16-9-12(10)15)17-11-4-6-14(2,3)7-5-11/h8-9,11H,4-7H2,1-3H3,(H,16,17). The zero-order chi connectivity index (χ0) is 12.5. The predicted octanol–water partition coefficient (Wildman–Crippen LogP) is 4.53. The molecule has 0 atom stereocenters. The molecule has 0 spiro atoms. The van der Waals surface area contributed by atoms with E-state index < -0.39 is 0 Å². The van der Waals surface area contributed by atoms with Crippen LogP contribution in [-0.4, -0.2) is 11.0 Å². The molecule has 1 saturated carbocycles. The summed E-state index contributed by atoms with van der Waals surface area (Å²) >= 11 is 3.48. The van der Waals surface area contributed by atoms with E-state index in [-0.39, 0.29) is 0 Å². The van der Waals surface area contributed by atoms with Gasteiger partial charge >= 0.3 is 0 Å². The first kappa shape index (κ1) is 12.9. The van der Waals surface area contributed by atoms with Crippen LogP contribution in [0.25, 0.3) is 0 Å². The van der Waals surface area contributed by atoms with Crippen molar-refractivity contribution < 1.29 is 0 Å². The normalized spacial score (nSPS) is 20.2. The average Bonchev–Trinajstić information content (AvgIpc) is 2.27. The summed E-state index contributed by atoms with van der Waals surface area (Å²) in [6.45, 7) is 6.83. The van der Waals surface area contributed by atoms with E-state index in [4.69, 9.17) is 0 Å². The van der Waals surface area contributed by atoms with Gasteiger partial charge in [-0.1, -0.05) is 13.8 Å². The number of hydrogen-bond donors (Lipinski definition) is 1. The summed E-state index contributed by atoms with van der Waals surface area (Å²) in [5.41, 5.74) is 1.76. The molecular weight excluding hydrogens is 276 g/mol. The van der Waals surface area contributed by atoms with Gasteiger partial charge in [-0.05, 0) is 65.6 Å². The van der Waals surface area contributed by atoms with E-state index in [1.165, 1.54) is 31.2 Å². The minimum absolute atomic E-state index is 0.529. The Labute approximate surface area is 112 Å². The van der Waals surface area contributed by atoms with Crippen molar-refractivity contribution >= 4 is 21.7 Å². The number of hydrogen-bond acceptors (Lipinski definition) is 2. The predicted molar refractivity (Wildman–Crippen MR) is 76.3 cm³/mol. The molecule has 3 heteroatoms. The molecule has 2 rings (SSSR count). The molecule has 0 aromatic carbocycles. The van der Waals surface area contributed by atoms with Gasteiger partial charge in [-0.25, -0.2) is 4.98 Å². The van der Waals surface area contributed by atoms with Gasteiger partial charge in [0.15, 0.2) is 0 Å². The Hall–Kier alpha value is -0.570. The molecule has 1 aliphatic carbocycles. The fourth-order valence-corrected chi connectivity index (χ4v) is 2.59. The number of pyridine rings is 1.